The molecule has 0 saturated carbocycles. The van der Waals surface area contributed by atoms with Crippen LogP contribution in [-0.4, -0.2) is 70.7 Å². The lowest BCUT2D eigenvalue weighted by molar-refractivity contribution is 0.0264. The van der Waals surface area contributed by atoms with E-state index in [2.05, 4.69) is 15.2 Å². The Hall–Kier alpha value is -0.820. The fourth-order valence-corrected chi connectivity index (χ4v) is 2.62. The van der Waals surface area contributed by atoms with Crippen molar-refractivity contribution in [3.63, 3.8) is 0 Å². The van der Waals surface area contributed by atoms with Gasteiger partial charge in [0.15, 0.2) is 5.96 Å². The molecule has 19 heavy (non-hydrogen) atoms. The van der Waals surface area contributed by atoms with Gasteiger partial charge in [-0.3, -0.25) is 4.99 Å². The van der Waals surface area contributed by atoms with E-state index in [1.54, 1.807) is 7.05 Å². The lowest BCUT2D eigenvalue weighted by Gasteiger charge is -2.34. The summed E-state index contributed by atoms with van der Waals surface area (Å²) >= 11 is 0. The second kappa shape index (κ2) is 7.69. The highest BCUT2D eigenvalue weighted by Crippen LogP contribution is 2.13. The maximum absolute atomic E-state index is 11.1. The average molecular weight is 291 g/mol. The predicted molar refractivity (Wildman–Crippen MR) is 77.3 cm³/mol. The molecule has 1 heterocycles. The van der Waals surface area contributed by atoms with Gasteiger partial charge in [-0.2, -0.15) is 0 Å². The summed E-state index contributed by atoms with van der Waals surface area (Å²) in [4.78, 5) is 6.35. The van der Waals surface area contributed by atoms with Crippen LogP contribution in [0.1, 0.15) is 19.8 Å². The van der Waals surface area contributed by atoms with Gasteiger partial charge in [-0.15, -0.1) is 0 Å². The van der Waals surface area contributed by atoms with E-state index in [-0.39, 0.29) is 5.75 Å². The van der Waals surface area contributed by atoms with Crippen LogP contribution in [-0.2, 0) is 14.6 Å². The van der Waals surface area contributed by atoms with Crippen LogP contribution in [0, 0.1) is 0 Å². The van der Waals surface area contributed by atoms with Crippen LogP contribution in [0.5, 0.6) is 0 Å². The molecule has 1 aliphatic heterocycles. The van der Waals surface area contributed by atoms with E-state index in [0.717, 1.165) is 38.5 Å². The summed E-state index contributed by atoms with van der Waals surface area (Å²) in [6, 6.07) is 0. The minimum atomic E-state index is -2.93. The second-order valence-corrected chi connectivity index (χ2v) is 7.01. The molecule has 0 amide bonds. The number of piperidine rings is 1. The summed E-state index contributed by atoms with van der Waals surface area (Å²) in [5.74, 6) is 0.903. The largest absolute Gasteiger partial charge is 0.378 e. The molecular weight excluding hydrogens is 266 g/mol. The van der Waals surface area contributed by atoms with Gasteiger partial charge in [0, 0.05) is 39.5 Å². The molecule has 0 aliphatic carbocycles. The lowest BCUT2D eigenvalue weighted by Crippen LogP contribution is -2.47. The van der Waals surface area contributed by atoms with Crippen LogP contribution >= 0.6 is 0 Å². The van der Waals surface area contributed by atoms with E-state index in [1.807, 2.05) is 6.92 Å². The molecule has 0 aromatic rings. The van der Waals surface area contributed by atoms with Crippen molar-refractivity contribution in [2.45, 2.75) is 25.9 Å². The molecule has 0 bridgehead atoms. The number of ether oxygens (including phenoxy) is 1. The van der Waals surface area contributed by atoms with Gasteiger partial charge in [-0.25, -0.2) is 8.42 Å². The molecule has 0 aromatic carbocycles. The number of nitrogens with one attached hydrogen (secondary N) is 1. The molecule has 1 fully saturated rings. The third-order valence-corrected chi connectivity index (χ3v) is 4.06. The highest BCUT2D eigenvalue weighted by atomic mass is 32.2. The fraction of sp³-hybridized carbons (Fsp3) is 0.917. The highest BCUT2D eigenvalue weighted by molar-refractivity contribution is 7.90. The molecule has 0 unspecified atom stereocenters. The van der Waals surface area contributed by atoms with Crippen LogP contribution in [0.2, 0.25) is 0 Å². The Morgan fingerprint density at radius 2 is 2.05 bits per heavy atom. The summed E-state index contributed by atoms with van der Waals surface area (Å²) in [6.45, 7) is 4.95. The van der Waals surface area contributed by atoms with Crippen molar-refractivity contribution < 1.29 is 13.2 Å². The van der Waals surface area contributed by atoms with Crippen LogP contribution < -0.4 is 5.32 Å². The van der Waals surface area contributed by atoms with E-state index < -0.39 is 9.84 Å². The first-order valence-corrected chi connectivity index (χ1v) is 8.77. The monoisotopic (exact) mass is 291 g/mol. The molecular formula is C12H25N3O3S. The number of sulfone groups is 1. The van der Waals surface area contributed by atoms with Crippen molar-refractivity contribution >= 4 is 15.8 Å². The van der Waals surface area contributed by atoms with Gasteiger partial charge in [0.2, 0.25) is 0 Å². The normalized spacial score (nSPS) is 18.7. The summed E-state index contributed by atoms with van der Waals surface area (Å²) in [5, 5.41) is 3.10. The molecule has 1 saturated heterocycles. The van der Waals surface area contributed by atoms with Crippen molar-refractivity contribution in [3.05, 3.63) is 0 Å². The van der Waals surface area contributed by atoms with Gasteiger partial charge >= 0.3 is 0 Å². The molecule has 112 valence electrons. The van der Waals surface area contributed by atoms with E-state index >= 15 is 0 Å². The SMILES string of the molecule is CCOC1CCN(C(=NC)NCCS(C)(=O)=O)CC1. The Morgan fingerprint density at radius 3 is 2.53 bits per heavy atom. The zero-order valence-corrected chi connectivity index (χ0v) is 12.9. The van der Waals surface area contributed by atoms with Crippen LogP contribution in [0.25, 0.3) is 0 Å². The standard InChI is InChI=1S/C12H25N3O3S/c1-4-18-11-5-8-15(9-6-11)12(13-2)14-7-10-19(3,16)17/h11H,4-10H2,1-3H3,(H,13,14). The maximum atomic E-state index is 11.1. The topological polar surface area (TPSA) is 71.0 Å². The van der Waals surface area contributed by atoms with Gasteiger partial charge in [0.25, 0.3) is 0 Å². The van der Waals surface area contributed by atoms with Crippen LogP contribution in [0.15, 0.2) is 4.99 Å². The summed E-state index contributed by atoms with van der Waals surface area (Å²) in [5.41, 5.74) is 0. The number of rotatable bonds is 5. The quantitative estimate of drug-likeness (QED) is 0.575. The van der Waals surface area contributed by atoms with Crippen molar-refractivity contribution in [3.8, 4) is 0 Å². The van der Waals surface area contributed by atoms with Crippen molar-refractivity contribution in [1.82, 2.24) is 10.2 Å². The van der Waals surface area contributed by atoms with Gasteiger partial charge in [0.1, 0.15) is 9.84 Å². The first kappa shape index (κ1) is 16.2. The highest BCUT2D eigenvalue weighted by Gasteiger charge is 2.21. The molecule has 6 nitrogen and oxygen atoms in total. The fourth-order valence-electron chi connectivity index (χ4n) is 2.15. The second-order valence-electron chi connectivity index (χ2n) is 4.75. The van der Waals surface area contributed by atoms with E-state index in [4.69, 9.17) is 4.74 Å². The minimum Gasteiger partial charge on any atom is -0.378 e. The Kier molecular flexibility index (Phi) is 6.57. The van der Waals surface area contributed by atoms with Crippen molar-refractivity contribution in [2.75, 3.05) is 45.3 Å². The smallest absolute Gasteiger partial charge is 0.193 e. The predicted octanol–water partition coefficient (Wildman–Crippen LogP) is 0.107. The van der Waals surface area contributed by atoms with Crippen molar-refractivity contribution in [2.24, 2.45) is 4.99 Å². The molecule has 0 aromatic heterocycles. The van der Waals surface area contributed by atoms with E-state index in [9.17, 15) is 8.42 Å². The molecule has 0 radical (unpaired) electrons. The molecule has 1 rings (SSSR count). The lowest BCUT2D eigenvalue weighted by atomic mass is 10.1. The number of nitrogens with zero attached hydrogens (tertiary/aromatic N) is 2. The summed E-state index contributed by atoms with van der Waals surface area (Å²) in [6.07, 6.45) is 3.56. The number of likely N-dealkylation sites (tertiary alicyclic amines) is 1. The van der Waals surface area contributed by atoms with Gasteiger partial charge in [0.05, 0.1) is 11.9 Å². The Morgan fingerprint density at radius 1 is 1.42 bits per heavy atom. The number of hydrogen-bond acceptors (Lipinski definition) is 4. The molecule has 1 aliphatic rings. The van der Waals surface area contributed by atoms with Gasteiger partial charge < -0.3 is 15.0 Å². The molecule has 1 N–H and O–H groups in total. The van der Waals surface area contributed by atoms with E-state index in [0.29, 0.717) is 12.6 Å². The van der Waals surface area contributed by atoms with Crippen molar-refractivity contribution in [1.29, 1.82) is 0 Å². The molecule has 0 atom stereocenters. The number of aliphatic imine (C=N–C) groups is 1. The Labute approximate surface area is 116 Å². The number of hydrogen-bond donors (Lipinski definition) is 1. The Balaban J connectivity index is 2.37. The third kappa shape index (κ3) is 6.24. The molecule has 0 spiro atoms. The first-order chi connectivity index (χ1) is 8.96. The maximum Gasteiger partial charge on any atom is 0.193 e. The minimum absolute atomic E-state index is 0.126. The zero-order valence-electron chi connectivity index (χ0n) is 12.1. The average Bonchev–Trinajstić information content (AvgIpc) is 2.35. The van der Waals surface area contributed by atoms with Crippen LogP contribution in [0.4, 0.5) is 0 Å². The number of guanidine groups is 1. The molecule has 7 heteroatoms. The summed E-state index contributed by atoms with van der Waals surface area (Å²) in [7, 11) is -1.21. The van der Waals surface area contributed by atoms with Gasteiger partial charge in [-0.05, 0) is 19.8 Å². The summed E-state index contributed by atoms with van der Waals surface area (Å²) < 4.78 is 27.8. The van der Waals surface area contributed by atoms with Gasteiger partial charge in [-0.1, -0.05) is 0 Å². The zero-order chi connectivity index (χ0) is 14.3. The Bertz CT molecular complexity index is 387. The van der Waals surface area contributed by atoms with E-state index in [1.165, 1.54) is 6.26 Å². The third-order valence-electron chi connectivity index (χ3n) is 3.11. The first-order valence-electron chi connectivity index (χ1n) is 6.71. The van der Waals surface area contributed by atoms with Crippen LogP contribution in [0.3, 0.4) is 0 Å².